The maximum atomic E-state index is 12.4. The van der Waals surface area contributed by atoms with Crippen molar-refractivity contribution >= 4 is 5.91 Å². The van der Waals surface area contributed by atoms with Gasteiger partial charge in [0.15, 0.2) is 0 Å². The van der Waals surface area contributed by atoms with E-state index in [0.717, 1.165) is 67.1 Å². The number of hydrogen-bond donors (Lipinski definition) is 1. The van der Waals surface area contributed by atoms with Gasteiger partial charge < -0.3 is 14.6 Å². The van der Waals surface area contributed by atoms with E-state index in [9.17, 15) is 9.90 Å². The highest BCUT2D eigenvalue weighted by atomic mass is 16.3. The third kappa shape index (κ3) is 3.97. The van der Waals surface area contributed by atoms with Crippen molar-refractivity contribution in [2.24, 2.45) is 11.8 Å². The average Bonchev–Trinajstić information content (AvgIpc) is 3.46. The van der Waals surface area contributed by atoms with Crippen LogP contribution in [0.2, 0.25) is 0 Å². The van der Waals surface area contributed by atoms with Crippen LogP contribution in [-0.4, -0.2) is 38.6 Å². The lowest BCUT2D eigenvalue weighted by Crippen LogP contribution is -2.30. The Morgan fingerprint density at radius 1 is 1.03 bits per heavy atom. The predicted octanol–water partition coefficient (Wildman–Crippen LogP) is 4.80. The molecular formula is C26H29N3O2. The van der Waals surface area contributed by atoms with Gasteiger partial charge in [-0.2, -0.15) is 0 Å². The first-order valence-corrected chi connectivity index (χ1v) is 11.2. The lowest BCUT2D eigenvalue weighted by atomic mass is 10.0. The third-order valence-corrected chi connectivity index (χ3v) is 6.75. The van der Waals surface area contributed by atoms with Crippen molar-refractivity contribution in [1.29, 1.82) is 0 Å². The van der Waals surface area contributed by atoms with E-state index < -0.39 is 0 Å². The summed E-state index contributed by atoms with van der Waals surface area (Å²) in [6.45, 7) is 6.84. The zero-order valence-corrected chi connectivity index (χ0v) is 18.2. The maximum absolute atomic E-state index is 12.4. The number of aromatic nitrogens is 2. The summed E-state index contributed by atoms with van der Waals surface area (Å²) >= 11 is 0. The van der Waals surface area contributed by atoms with Crippen molar-refractivity contribution in [3.8, 4) is 28.3 Å². The molecule has 2 heterocycles. The van der Waals surface area contributed by atoms with E-state index in [1.165, 1.54) is 5.69 Å². The number of hydrogen-bond acceptors (Lipinski definition) is 3. The number of benzene rings is 2. The Labute approximate surface area is 183 Å². The number of nitrogens with zero attached hydrogens (tertiary/aromatic N) is 3. The molecule has 1 saturated carbocycles. The Hall–Kier alpha value is -3.08. The standard InChI is InChI=1S/C26H29N3O2/c1-17-18(2)29(16-19-12-13-28(15-19)26(31)22-10-11-22)25(27-17)21-8-6-20(7-9-21)23-4-3-5-24(30)14-23/h3-9,14,19,22,30H,10-13,15-16H2,1-2H3. The Kier molecular flexibility index (Phi) is 5.05. The third-order valence-electron chi connectivity index (χ3n) is 6.75. The molecular weight excluding hydrogens is 386 g/mol. The van der Waals surface area contributed by atoms with Gasteiger partial charge in [-0.25, -0.2) is 4.98 Å². The summed E-state index contributed by atoms with van der Waals surface area (Å²) in [5.74, 6) is 2.40. The zero-order valence-electron chi connectivity index (χ0n) is 18.2. The molecule has 2 aromatic carbocycles. The molecule has 1 amide bonds. The minimum atomic E-state index is 0.272. The quantitative estimate of drug-likeness (QED) is 0.651. The molecule has 1 unspecified atom stereocenters. The number of aromatic hydroxyl groups is 1. The van der Waals surface area contributed by atoms with Gasteiger partial charge in [-0.15, -0.1) is 0 Å². The van der Waals surface area contributed by atoms with E-state index in [-0.39, 0.29) is 5.75 Å². The van der Waals surface area contributed by atoms with Crippen molar-refractivity contribution < 1.29 is 9.90 Å². The van der Waals surface area contributed by atoms with Crippen molar-refractivity contribution in [1.82, 2.24) is 14.5 Å². The highest BCUT2D eigenvalue weighted by Crippen LogP contribution is 2.34. The second-order valence-electron chi connectivity index (χ2n) is 9.06. The average molecular weight is 416 g/mol. The number of imidazole rings is 1. The molecule has 3 aromatic rings. The fraction of sp³-hybridized carbons (Fsp3) is 0.385. The summed E-state index contributed by atoms with van der Waals surface area (Å²) in [4.78, 5) is 19.4. The summed E-state index contributed by atoms with van der Waals surface area (Å²) in [5.41, 5.74) is 5.39. The van der Waals surface area contributed by atoms with Crippen molar-refractivity contribution in [2.75, 3.05) is 13.1 Å². The molecule has 0 spiro atoms. The van der Waals surface area contributed by atoms with Gasteiger partial charge >= 0.3 is 0 Å². The molecule has 2 aliphatic rings. The summed E-state index contributed by atoms with van der Waals surface area (Å²) < 4.78 is 2.33. The van der Waals surface area contributed by atoms with E-state index in [2.05, 4.69) is 47.6 Å². The summed E-state index contributed by atoms with van der Waals surface area (Å²) in [6.07, 6.45) is 3.20. The molecule has 0 bridgehead atoms. The van der Waals surface area contributed by atoms with Crippen LogP contribution in [0, 0.1) is 25.7 Å². The summed E-state index contributed by atoms with van der Waals surface area (Å²) in [6, 6.07) is 15.7. The van der Waals surface area contributed by atoms with E-state index in [1.54, 1.807) is 12.1 Å². The van der Waals surface area contributed by atoms with E-state index >= 15 is 0 Å². The smallest absolute Gasteiger partial charge is 0.225 e. The molecule has 5 rings (SSSR count). The molecule has 31 heavy (non-hydrogen) atoms. The van der Waals surface area contributed by atoms with Crippen LogP contribution in [-0.2, 0) is 11.3 Å². The molecule has 1 aromatic heterocycles. The Balaban J connectivity index is 1.37. The highest BCUT2D eigenvalue weighted by Gasteiger charge is 2.36. The predicted molar refractivity (Wildman–Crippen MR) is 122 cm³/mol. The fourth-order valence-corrected chi connectivity index (χ4v) is 4.62. The molecule has 5 nitrogen and oxygen atoms in total. The molecule has 1 saturated heterocycles. The van der Waals surface area contributed by atoms with Gasteiger partial charge in [-0.3, -0.25) is 4.79 Å². The molecule has 5 heteroatoms. The second kappa shape index (κ2) is 7.88. The lowest BCUT2D eigenvalue weighted by Gasteiger charge is -2.18. The van der Waals surface area contributed by atoms with Gasteiger partial charge in [0, 0.05) is 36.8 Å². The SMILES string of the molecule is Cc1nc(-c2ccc(-c3cccc(O)c3)cc2)n(CC2CCN(C(=O)C3CC3)C2)c1C. The minimum absolute atomic E-state index is 0.272. The first-order chi connectivity index (χ1) is 15.0. The van der Waals surface area contributed by atoms with Crippen LogP contribution >= 0.6 is 0 Å². The largest absolute Gasteiger partial charge is 0.508 e. The van der Waals surface area contributed by atoms with Crippen LogP contribution < -0.4 is 0 Å². The van der Waals surface area contributed by atoms with Crippen LogP contribution in [0.5, 0.6) is 5.75 Å². The molecule has 1 aliphatic heterocycles. The van der Waals surface area contributed by atoms with Crippen LogP contribution in [0.3, 0.4) is 0 Å². The number of carbonyl (C=O) groups is 1. The topological polar surface area (TPSA) is 58.4 Å². The Morgan fingerprint density at radius 2 is 1.77 bits per heavy atom. The van der Waals surface area contributed by atoms with Crippen molar-refractivity contribution in [2.45, 2.75) is 39.7 Å². The monoisotopic (exact) mass is 415 g/mol. The molecule has 2 fully saturated rings. The van der Waals surface area contributed by atoms with E-state index in [1.807, 2.05) is 12.1 Å². The number of aryl methyl sites for hydroxylation is 1. The second-order valence-corrected chi connectivity index (χ2v) is 9.06. The lowest BCUT2D eigenvalue weighted by molar-refractivity contribution is -0.131. The molecule has 1 N–H and O–H groups in total. The summed E-state index contributed by atoms with van der Waals surface area (Å²) in [5, 5.41) is 9.76. The first-order valence-electron chi connectivity index (χ1n) is 11.2. The van der Waals surface area contributed by atoms with E-state index in [4.69, 9.17) is 4.98 Å². The van der Waals surface area contributed by atoms with Gasteiger partial charge in [0.05, 0.1) is 5.69 Å². The first kappa shape index (κ1) is 19.9. The Morgan fingerprint density at radius 3 is 2.48 bits per heavy atom. The van der Waals surface area contributed by atoms with Gasteiger partial charge in [0.25, 0.3) is 0 Å². The van der Waals surface area contributed by atoms with E-state index in [0.29, 0.717) is 17.7 Å². The number of carbonyl (C=O) groups excluding carboxylic acids is 1. The van der Waals surface area contributed by atoms with Crippen molar-refractivity contribution in [3.05, 3.63) is 59.9 Å². The van der Waals surface area contributed by atoms with Crippen LogP contribution in [0.4, 0.5) is 0 Å². The number of likely N-dealkylation sites (tertiary alicyclic amines) is 1. The molecule has 160 valence electrons. The minimum Gasteiger partial charge on any atom is -0.508 e. The zero-order chi connectivity index (χ0) is 21.5. The number of amides is 1. The normalized spacial score (nSPS) is 18.5. The van der Waals surface area contributed by atoms with Crippen LogP contribution in [0.15, 0.2) is 48.5 Å². The Bertz CT molecular complexity index is 1110. The van der Waals surface area contributed by atoms with Gasteiger partial charge in [0.1, 0.15) is 11.6 Å². The van der Waals surface area contributed by atoms with Crippen molar-refractivity contribution in [3.63, 3.8) is 0 Å². The van der Waals surface area contributed by atoms with Crippen LogP contribution in [0.25, 0.3) is 22.5 Å². The van der Waals surface area contributed by atoms with Gasteiger partial charge in [-0.05, 0) is 62.3 Å². The molecule has 1 atom stereocenters. The molecule has 0 radical (unpaired) electrons. The summed E-state index contributed by atoms with van der Waals surface area (Å²) in [7, 11) is 0. The van der Waals surface area contributed by atoms with Gasteiger partial charge in [-0.1, -0.05) is 36.4 Å². The fourth-order valence-electron chi connectivity index (χ4n) is 4.62. The van der Waals surface area contributed by atoms with Gasteiger partial charge in [0.2, 0.25) is 5.91 Å². The number of phenols is 1. The number of rotatable bonds is 5. The number of phenolic OH excluding ortho intramolecular Hbond substituents is 1. The van der Waals surface area contributed by atoms with Crippen LogP contribution in [0.1, 0.15) is 30.7 Å². The molecule has 1 aliphatic carbocycles. The maximum Gasteiger partial charge on any atom is 0.225 e. The highest BCUT2D eigenvalue weighted by molar-refractivity contribution is 5.81.